The van der Waals surface area contributed by atoms with Gasteiger partial charge in [-0.3, -0.25) is 4.79 Å². The van der Waals surface area contributed by atoms with Crippen LogP contribution in [-0.2, 0) is 55.9 Å². The number of aliphatic hydroxyl groups excluding tert-OH is 1. The van der Waals surface area contributed by atoms with Gasteiger partial charge in [-0.2, -0.15) is 0 Å². The molecule has 0 amide bonds. The lowest BCUT2D eigenvalue weighted by molar-refractivity contribution is -0.239. The van der Waals surface area contributed by atoms with Gasteiger partial charge >= 0.3 is 5.97 Å². The van der Waals surface area contributed by atoms with E-state index in [9.17, 15) is 9.90 Å². The van der Waals surface area contributed by atoms with Crippen molar-refractivity contribution in [2.45, 2.75) is 89.0 Å². The molecule has 3 saturated heterocycles. The summed E-state index contributed by atoms with van der Waals surface area (Å²) >= 11 is 0. The fourth-order valence-electron chi connectivity index (χ4n) is 4.99. The van der Waals surface area contributed by atoms with Gasteiger partial charge in [-0.25, -0.2) is 0 Å². The van der Waals surface area contributed by atoms with Crippen molar-refractivity contribution in [1.29, 1.82) is 0 Å². The van der Waals surface area contributed by atoms with Crippen LogP contribution in [0.3, 0.4) is 0 Å². The Bertz CT molecular complexity index is 1060. The quantitative estimate of drug-likeness (QED) is 0.424. The first kappa shape index (κ1) is 28.1. The Morgan fingerprint density at radius 3 is 2.03 bits per heavy atom. The van der Waals surface area contributed by atoms with E-state index in [0.29, 0.717) is 6.61 Å². The first-order valence-corrected chi connectivity index (χ1v) is 13.2. The number of aliphatic hydroxyl groups is 1. The molecule has 0 spiro atoms. The number of carbonyl (C=O) groups is 1. The summed E-state index contributed by atoms with van der Waals surface area (Å²) in [4.78, 5) is 11.4. The molecule has 3 aliphatic rings. The van der Waals surface area contributed by atoms with Crippen LogP contribution in [0.1, 0.15) is 31.9 Å². The predicted octanol–water partition coefficient (Wildman–Crippen LogP) is 2.70. The number of hydrogen-bond acceptors (Lipinski definition) is 10. The zero-order valence-electron chi connectivity index (χ0n) is 22.3. The molecule has 1 N–H and O–H groups in total. The van der Waals surface area contributed by atoms with Crippen molar-refractivity contribution in [2.75, 3.05) is 13.2 Å². The Kier molecular flexibility index (Phi) is 8.95. The summed E-state index contributed by atoms with van der Waals surface area (Å²) in [7, 11) is 0. The fraction of sp³-hybridized carbons (Fsp3) is 0.552. The molecule has 3 aliphatic heterocycles. The number of rotatable bonds is 11. The van der Waals surface area contributed by atoms with E-state index in [0.717, 1.165) is 11.1 Å². The van der Waals surface area contributed by atoms with E-state index in [1.165, 1.54) is 6.92 Å². The van der Waals surface area contributed by atoms with E-state index in [4.69, 9.17) is 37.9 Å². The summed E-state index contributed by atoms with van der Waals surface area (Å²) in [5.41, 5.74) is 1.95. The summed E-state index contributed by atoms with van der Waals surface area (Å²) in [5, 5.41) is 11.0. The minimum absolute atomic E-state index is 0.0486. The lowest BCUT2D eigenvalue weighted by atomic mass is 10.1. The van der Waals surface area contributed by atoms with E-state index in [1.54, 1.807) is 0 Å². The molecule has 0 aromatic heterocycles. The third-order valence-corrected chi connectivity index (χ3v) is 6.82. The van der Waals surface area contributed by atoms with Crippen molar-refractivity contribution in [3.63, 3.8) is 0 Å². The summed E-state index contributed by atoms with van der Waals surface area (Å²) < 4.78 is 47.5. The van der Waals surface area contributed by atoms with Gasteiger partial charge in [0.25, 0.3) is 0 Å². The maximum absolute atomic E-state index is 11.4. The largest absolute Gasteiger partial charge is 0.463 e. The molecule has 212 valence electrons. The number of esters is 1. The molecule has 5 rings (SSSR count). The average molecular weight is 545 g/mol. The molecule has 2 aromatic rings. The number of carbonyl (C=O) groups excluding carboxylic acids is 1. The highest BCUT2D eigenvalue weighted by Gasteiger charge is 2.56. The van der Waals surface area contributed by atoms with Crippen LogP contribution in [0.15, 0.2) is 60.7 Å². The standard InChI is InChI=1S/C29H36O10/c1-18(30)32-16-21-24(33-14-19-10-6-4-7-11-19)23(31)27(36-21)35-17-22-25(34-15-20-12-8-5-9-13-20)26-28(37-22)39-29(2,3)38-26/h4-13,21-28,31H,14-17H2,1-3H3/t21-,22-,23+,24+,25+,26-,27+,28-/m1/s1. The molecular formula is C29H36O10. The van der Waals surface area contributed by atoms with Gasteiger partial charge in [0, 0.05) is 6.92 Å². The third-order valence-electron chi connectivity index (χ3n) is 6.82. The predicted molar refractivity (Wildman–Crippen MR) is 136 cm³/mol. The van der Waals surface area contributed by atoms with Gasteiger partial charge in [0.2, 0.25) is 0 Å². The van der Waals surface area contributed by atoms with Gasteiger partial charge in [0.15, 0.2) is 18.4 Å². The van der Waals surface area contributed by atoms with Crippen LogP contribution >= 0.6 is 0 Å². The van der Waals surface area contributed by atoms with Crippen LogP contribution in [0, 0.1) is 0 Å². The van der Waals surface area contributed by atoms with E-state index < -0.39 is 61.0 Å². The molecule has 39 heavy (non-hydrogen) atoms. The lowest BCUT2D eigenvalue weighted by Crippen LogP contribution is -2.41. The molecule has 3 heterocycles. The topological polar surface area (TPSA) is 111 Å². The molecule has 10 heteroatoms. The first-order chi connectivity index (χ1) is 18.8. The van der Waals surface area contributed by atoms with Crippen LogP contribution in [0.2, 0.25) is 0 Å². The second-order valence-corrected chi connectivity index (χ2v) is 10.3. The van der Waals surface area contributed by atoms with E-state index in [-0.39, 0.29) is 19.8 Å². The van der Waals surface area contributed by atoms with E-state index >= 15 is 0 Å². The van der Waals surface area contributed by atoms with Crippen LogP contribution in [-0.4, -0.2) is 79.3 Å². The SMILES string of the molecule is CC(=O)OC[C@H]1O[C@H](OC[C@H]2O[C@@H]3OC(C)(C)O[C@@H]3[C@H]2OCc2ccccc2)[C@@H](O)[C@H]1OCc1ccccc1. The van der Waals surface area contributed by atoms with Crippen LogP contribution < -0.4 is 0 Å². The van der Waals surface area contributed by atoms with E-state index in [2.05, 4.69) is 0 Å². The van der Waals surface area contributed by atoms with Gasteiger partial charge in [0.1, 0.15) is 43.2 Å². The van der Waals surface area contributed by atoms with Crippen molar-refractivity contribution in [3.8, 4) is 0 Å². The molecule has 2 aromatic carbocycles. The smallest absolute Gasteiger partial charge is 0.302 e. The zero-order chi connectivity index (χ0) is 27.4. The highest BCUT2D eigenvalue weighted by molar-refractivity contribution is 5.65. The van der Waals surface area contributed by atoms with Crippen LogP contribution in [0.4, 0.5) is 0 Å². The second-order valence-electron chi connectivity index (χ2n) is 10.3. The monoisotopic (exact) mass is 544 g/mol. The summed E-state index contributed by atoms with van der Waals surface area (Å²) in [6.07, 6.45) is -5.68. The number of hydrogen-bond donors (Lipinski definition) is 1. The minimum atomic E-state index is -1.12. The van der Waals surface area contributed by atoms with Gasteiger partial charge in [0.05, 0.1) is 19.8 Å². The summed E-state index contributed by atoms with van der Waals surface area (Å²) in [6.45, 7) is 5.56. The van der Waals surface area contributed by atoms with E-state index in [1.807, 2.05) is 74.5 Å². The van der Waals surface area contributed by atoms with Gasteiger partial charge < -0.3 is 43.0 Å². The highest BCUT2D eigenvalue weighted by atomic mass is 16.8. The Morgan fingerprint density at radius 1 is 0.821 bits per heavy atom. The second kappa shape index (κ2) is 12.4. The van der Waals surface area contributed by atoms with Gasteiger partial charge in [-0.05, 0) is 25.0 Å². The minimum Gasteiger partial charge on any atom is -0.463 e. The van der Waals surface area contributed by atoms with Crippen molar-refractivity contribution in [1.82, 2.24) is 0 Å². The Hall–Kier alpha value is -2.41. The third kappa shape index (κ3) is 7.03. The number of ether oxygens (including phenoxy) is 8. The molecular weight excluding hydrogens is 508 g/mol. The van der Waals surface area contributed by atoms with Crippen LogP contribution in [0.25, 0.3) is 0 Å². The van der Waals surface area contributed by atoms with Crippen LogP contribution in [0.5, 0.6) is 0 Å². The lowest BCUT2D eigenvalue weighted by Gasteiger charge is -2.27. The molecule has 0 unspecified atom stereocenters. The molecule has 0 aliphatic carbocycles. The molecule has 3 fully saturated rings. The Morgan fingerprint density at radius 2 is 1.41 bits per heavy atom. The maximum Gasteiger partial charge on any atom is 0.302 e. The summed E-state index contributed by atoms with van der Waals surface area (Å²) in [5.74, 6) is -1.25. The average Bonchev–Trinajstić information content (AvgIpc) is 3.51. The molecule has 0 saturated carbocycles. The van der Waals surface area contributed by atoms with Crippen molar-refractivity contribution >= 4 is 5.97 Å². The van der Waals surface area contributed by atoms with Gasteiger partial charge in [-0.1, -0.05) is 60.7 Å². The van der Waals surface area contributed by atoms with Crippen molar-refractivity contribution in [2.24, 2.45) is 0 Å². The fourth-order valence-corrected chi connectivity index (χ4v) is 4.99. The number of benzene rings is 2. The zero-order valence-corrected chi connectivity index (χ0v) is 22.3. The molecule has 10 nitrogen and oxygen atoms in total. The van der Waals surface area contributed by atoms with Gasteiger partial charge in [-0.15, -0.1) is 0 Å². The molecule has 0 bridgehead atoms. The summed E-state index contributed by atoms with van der Waals surface area (Å²) in [6, 6.07) is 19.4. The highest BCUT2D eigenvalue weighted by Crippen LogP contribution is 2.39. The Balaban J connectivity index is 1.22. The molecule has 8 atom stereocenters. The normalized spacial score (nSPS) is 33.2. The number of fused-ring (bicyclic) bond motifs is 1. The molecule has 0 radical (unpaired) electrons. The maximum atomic E-state index is 11.4. The Labute approximate surface area is 228 Å². The van der Waals surface area contributed by atoms with Crippen molar-refractivity contribution < 1.29 is 47.8 Å². The first-order valence-electron chi connectivity index (χ1n) is 13.2. The van der Waals surface area contributed by atoms with Crippen molar-refractivity contribution in [3.05, 3.63) is 71.8 Å².